The third kappa shape index (κ3) is 2.45. The van der Waals surface area contributed by atoms with E-state index >= 15 is 0 Å². The molecule has 0 aromatic heterocycles. The summed E-state index contributed by atoms with van der Waals surface area (Å²) in [5.74, 6) is -0.934. The van der Waals surface area contributed by atoms with Crippen LogP contribution >= 0.6 is 0 Å². The Kier molecular flexibility index (Phi) is 3.62. The van der Waals surface area contributed by atoms with Crippen LogP contribution in [0.3, 0.4) is 0 Å². The van der Waals surface area contributed by atoms with Crippen molar-refractivity contribution in [2.75, 3.05) is 19.8 Å². The molecule has 134 valence electrons. The van der Waals surface area contributed by atoms with Gasteiger partial charge >= 0.3 is 0 Å². The Bertz CT molecular complexity index is 753. The van der Waals surface area contributed by atoms with E-state index in [-0.39, 0.29) is 31.2 Å². The van der Waals surface area contributed by atoms with Crippen LogP contribution in [0.25, 0.3) is 5.76 Å². The minimum Gasteiger partial charge on any atom is -0.487 e. The molecule has 0 saturated carbocycles. The molecule has 1 aromatic rings. The third-order valence-corrected chi connectivity index (χ3v) is 5.36. The van der Waals surface area contributed by atoms with Crippen molar-refractivity contribution in [2.24, 2.45) is 5.41 Å². The van der Waals surface area contributed by atoms with Gasteiger partial charge in [-0.3, -0.25) is 4.79 Å². The van der Waals surface area contributed by atoms with E-state index in [9.17, 15) is 9.90 Å². The number of carbonyl (C=O) groups excluding carboxylic acids is 1. The summed E-state index contributed by atoms with van der Waals surface area (Å²) < 4.78 is 18.2. The van der Waals surface area contributed by atoms with Gasteiger partial charge in [0.1, 0.15) is 11.4 Å². The molecule has 1 aliphatic carbocycles. The summed E-state index contributed by atoms with van der Waals surface area (Å²) in [4.78, 5) is 13.4. The zero-order valence-electron chi connectivity index (χ0n) is 14.9. The molecule has 0 unspecified atom stereocenters. The molecule has 0 radical (unpaired) electrons. The first-order chi connectivity index (χ1) is 11.8. The van der Waals surface area contributed by atoms with E-state index in [1.807, 2.05) is 45.0 Å². The van der Waals surface area contributed by atoms with Crippen molar-refractivity contribution in [1.29, 1.82) is 0 Å². The number of carbonyl (C=O) groups is 1. The van der Waals surface area contributed by atoms with Crippen LogP contribution in [0.4, 0.5) is 0 Å². The van der Waals surface area contributed by atoms with Gasteiger partial charge in [0.05, 0.1) is 19.8 Å². The number of aliphatic hydroxyl groups excluding tert-OH is 1. The minimum atomic E-state index is -1.42. The van der Waals surface area contributed by atoms with Crippen LogP contribution in [0.5, 0.6) is 0 Å². The highest BCUT2D eigenvalue weighted by Crippen LogP contribution is 2.50. The lowest BCUT2D eigenvalue weighted by Crippen LogP contribution is -2.55. The fraction of sp³-hybridized carbons (Fsp3) is 0.550. The van der Waals surface area contributed by atoms with Crippen LogP contribution < -0.4 is 0 Å². The SMILES string of the molecule is CC1(C)CCC2=C(O1)c1ccccc1[C@]1(OC[C@@](C)(CO)CO1)C2=O. The van der Waals surface area contributed by atoms with Crippen LogP contribution in [0.15, 0.2) is 29.8 Å². The van der Waals surface area contributed by atoms with Crippen molar-refractivity contribution in [1.82, 2.24) is 0 Å². The second-order valence-electron chi connectivity index (χ2n) is 8.21. The monoisotopic (exact) mass is 344 g/mol. The number of ether oxygens (including phenoxy) is 3. The molecule has 0 amide bonds. The highest BCUT2D eigenvalue weighted by Gasteiger charge is 2.55. The van der Waals surface area contributed by atoms with E-state index in [0.717, 1.165) is 12.0 Å². The Balaban J connectivity index is 1.82. The number of rotatable bonds is 1. The standard InChI is InChI=1S/C20H24O5/c1-18(2)9-8-14-16(25-18)13-6-4-5-7-15(13)20(17(14)22)23-11-19(3,10-21)12-24-20/h4-7,21H,8-12H2,1-3H3/t19-,20-. The number of hydrogen-bond donors (Lipinski definition) is 1. The van der Waals surface area contributed by atoms with E-state index in [1.165, 1.54) is 0 Å². The van der Waals surface area contributed by atoms with Crippen LogP contribution in [0.1, 0.15) is 44.7 Å². The van der Waals surface area contributed by atoms with Gasteiger partial charge < -0.3 is 19.3 Å². The predicted molar refractivity (Wildman–Crippen MR) is 91.5 cm³/mol. The summed E-state index contributed by atoms with van der Waals surface area (Å²) in [5.41, 5.74) is 1.39. The Morgan fingerprint density at radius 2 is 1.80 bits per heavy atom. The van der Waals surface area contributed by atoms with Crippen LogP contribution in [0, 0.1) is 5.41 Å². The Morgan fingerprint density at radius 3 is 2.48 bits per heavy atom. The molecular weight excluding hydrogens is 320 g/mol. The number of fused-ring (bicyclic) bond motifs is 3. The molecule has 5 heteroatoms. The van der Waals surface area contributed by atoms with Gasteiger partial charge in [-0.2, -0.15) is 0 Å². The van der Waals surface area contributed by atoms with Gasteiger partial charge in [-0.15, -0.1) is 0 Å². The van der Waals surface area contributed by atoms with Gasteiger partial charge in [0.25, 0.3) is 5.79 Å². The summed E-state index contributed by atoms with van der Waals surface area (Å²) in [6.45, 7) is 6.43. The quantitative estimate of drug-likeness (QED) is 0.849. The molecule has 0 bridgehead atoms. The van der Waals surface area contributed by atoms with E-state index in [1.54, 1.807) is 0 Å². The summed E-state index contributed by atoms with van der Waals surface area (Å²) in [6.07, 6.45) is 1.41. The van der Waals surface area contributed by atoms with Gasteiger partial charge in [0.2, 0.25) is 5.78 Å². The lowest BCUT2D eigenvalue weighted by Gasteiger charge is -2.47. The molecule has 25 heavy (non-hydrogen) atoms. The molecule has 1 spiro atoms. The molecule has 4 rings (SSSR count). The van der Waals surface area contributed by atoms with E-state index in [4.69, 9.17) is 14.2 Å². The number of hydrogen-bond acceptors (Lipinski definition) is 5. The van der Waals surface area contributed by atoms with Gasteiger partial charge in [-0.25, -0.2) is 0 Å². The molecule has 0 atom stereocenters. The van der Waals surface area contributed by atoms with Crippen LogP contribution in [-0.2, 0) is 24.8 Å². The summed E-state index contributed by atoms with van der Waals surface area (Å²) in [7, 11) is 0. The zero-order valence-corrected chi connectivity index (χ0v) is 14.9. The molecule has 1 fully saturated rings. The second-order valence-corrected chi connectivity index (χ2v) is 8.21. The van der Waals surface area contributed by atoms with Gasteiger partial charge in [0.15, 0.2) is 0 Å². The molecule has 3 aliphatic rings. The number of aliphatic hydroxyl groups is 1. The number of benzene rings is 1. The van der Waals surface area contributed by atoms with Gasteiger partial charge in [-0.05, 0) is 26.7 Å². The molecule has 1 saturated heterocycles. The average molecular weight is 344 g/mol. The normalized spacial score (nSPS) is 33.7. The van der Waals surface area contributed by atoms with Gasteiger partial charge in [-0.1, -0.05) is 31.2 Å². The maximum absolute atomic E-state index is 13.4. The van der Waals surface area contributed by atoms with Crippen molar-refractivity contribution in [3.63, 3.8) is 0 Å². The van der Waals surface area contributed by atoms with Gasteiger partial charge in [0, 0.05) is 22.1 Å². The highest BCUT2D eigenvalue weighted by molar-refractivity contribution is 6.10. The first kappa shape index (κ1) is 16.8. The Hall–Kier alpha value is -1.69. The van der Waals surface area contributed by atoms with Crippen LogP contribution in [0.2, 0.25) is 0 Å². The maximum atomic E-state index is 13.4. The second kappa shape index (κ2) is 5.40. The lowest BCUT2D eigenvalue weighted by atomic mass is 9.78. The van der Waals surface area contributed by atoms with Crippen molar-refractivity contribution in [3.05, 3.63) is 41.0 Å². The average Bonchev–Trinajstić information content (AvgIpc) is 2.61. The van der Waals surface area contributed by atoms with E-state index < -0.39 is 11.2 Å². The molecule has 2 heterocycles. The smallest absolute Gasteiger partial charge is 0.261 e. The van der Waals surface area contributed by atoms with Crippen molar-refractivity contribution >= 4 is 11.5 Å². The molecule has 2 aliphatic heterocycles. The zero-order chi connectivity index (χ0) is 17.9. The largest absolute Gasteiger partial charge is 0.487 e. The summed E-state index contributed by atoms with van der Waals surface area (Å²) in [6, 6.07) is 7.62. The third-order valence-electron chi connectivity index (χ3n) is 5.36. The maximum Gasteiger partial charge on any atom is 0.261 e. The van der Waals surface area contributed by atoms with Crippen LogP contribution in [-0.4, -0.2) is 36.3 Å². The Labute approximate surface area is 147 Å². The minimum absolute atomic E-state index is 0.0514. The van der Waals surface area contributed by atoms with Crippen molar-refractivity contribution in [3.8, 4) is 0 Å². The Morgan fingerprint density at radius 1 is 1.12 bits per heavy atom. The van der Waals surface area contributed by atoms with Crippen molar-refractivity contribution < 1.29 is 24.1 Å². The van der Waals surface area contributed by atoms with Crippen molar-refractivity contribution in [2.45, 2.75) is 45.0 Å². The fourth-order valence-corrected chi connectivity index (χ4v) is 3.66. The number of Topliss-reactive ketones (excluding diaryl/α,β-unsaturated/α-hetero) is 1. The topological polar surface area (TPSA) is 65.0 Å². The van der Waals surface area contributed by atoms with E-state index in [2.05, 4.69) is 0 Å². The first-order valence-corrected chi connectivity index (χ1v) is 8.76. The predicted octanol–water partition coefficient (Wildman–Crippen LogP) is 2.77. The molecule has 1 N–H and O–H groups in total. The lowest BCUT2D eigenvalue weighted by molar-refractivity contribution is -0.295. The van der Waals surface area contributed by atoms with E-state index in [0.29, 0.717) is 23.3 Å². The highest BCUT2D eigenvalue weighted by atomic mass is 16.7. The molecule has 5 nitrogen and oxygen atoms in total. The fourth-order valence-electron chi connectivity index (χ4n) is 3.66. The summed E-state index contributed by atoms with van der Waals surface area (Å²) in [5, 5.41) is 9.57. The first-order valence-electron chi connectivity index (χ1n) is 8.76. The molecule has 1 aromatic carbocycles. The molecular formula is C20H24O5. The number of ketones is 1. The summed E-state index contributed by atoms with van der Waals surface area (Å²) >= 11 is 0.